The van der Waals surface area contributed by atoms with Crippen LogP contribution in [-0.4, -0.2) is 44.3 Å². The van der Waals surface area contributed by atoms with E-state index in [1.54, 1.807) is 0 Å². The fourth-order valence-corrected chi connectivity index (χ4v) is 3.96. The molecule has 0 saturated carbocycles. The molecule has 0 amide bonds. The van der Waals surface area contributed by atoms with Gasteiger partial charge in [0.15, 0.2) is 0 Å². The van der Waals surface area contributed by atoms with Crippen LogP contribution in [0.4, 0.5) is 5.95 Å². The Morgan fingerprint density at radius 1 is 1.36 bits per heavy atom. The van der Waals surface area contributed by atoms with Crippen molar-refractivity contribution in [2.45, 2.75) is 39.3 Å². The average Bonchev–Trinajstić information content (AvgIpc) is 2.99. The number of aromatic amines is 1. The lowest BCUT2D eigenvalue weighted by atomic mass is 10.0. The molecule has 1 N–H and O–H groups in total. The van der Waals surface area contributed by atoms with Crippen LogP contribution in [0.1, 0.15) is 36.6 Å². The zero-order chi connectivity index (χ0) is 17.4. The molecule has 134 valence electrons. The van der Waals surface area contributed by atoms with E-state index in [1.165, 1.54) is 12.0 Å². The van der Waals surface area contributed by atoms with Gasteiger partial charge in [-0.3, -0.25) is 19.4 Å². The molecule has 7 heteroatoms. The van der Waals surface area contributed by atoms with E-state index >= 15 is 0 Å². The Balaban J connectivity index is 1.55. The highest BCUT2D eigenvalue weighted by Gasteiger charge is 2.24. The third kappa shape index (κ3) is 3.46. The smallest absolute Gasteiger partial charge is 0.255 e. The van der Waals surface area contributed by atoms with Crippen molar-refractivity contribution in [3.05, 3.63) is 39.6 Å². The number of hydrogen-bond acceptors (Lipinski definition) is 5. The maximum atomic E-state index is 12.5. The fourth-order valence-electron chi connectivity index (χ4n) is 3.96. The van der Waals surface area contributed by atoms with Crippen LogP contribution in [0.2, 0.25) is 0 Å². The van der Waals surface area contributed by atoms with Crippen molar-refractivity contribution in [2.24, 2.45) is 13.0 Å². The summed E-state index contributed by atoms with van der Waals surface area (Å²) in [4.78, 5) is 25.0. The molecule has 0 aromatic carbocycles. The molecule has 0 radical (unpaired) electrons. The summed E-state index contributed by atoms with van der Waals surface area (Å²) in [6.07, 6.45) is 7.12. The summed E-state index contributed by atoms with van der Waals surface area (Å²) in [6, 6.07) is 0. The van der Waals surface area contributed by atoms with E-state index in [0.717, 1.165) is 62.8 Å². The number of rotatable bonds is 3. The van der Waals surface area contributed by atoms with E-state index in [0.29, 0.717) is 5.92 Å². The van der Waals surface area contributed by atoms with E-state index in [-0.39, 0.29) is 5.56 Å². The highest BCUT2D eigenvalue weighted by Crippen LogP contribution is 2.22. The standard InChI is InChI=1S/C18H26N6O/c1-13-4-3-6-24(9-13)18-20-16-12-23(7-5-15(16)17(25)21-18)11-14-8-19-22(2)10-14/h8,10,13H,3-7,9,11-12H2,1-2H3,(H,20,21,25)/t13-/m0/s1. The number of nitrogens with one attached hydrogen (secondary N) is 1. The van der Waals surface area contributed by atoms with Gasteiger partial charge in [-0.05, 0) is 25.2 Å². The first-order valence-corrected chi connectivity index (χ1v) is 9.15. The minimum atomic E-state index is 0.0410. The monoisotopic (exact) mass is 342 g/mol. The van der Waals surface area contributed by atoms with E-state index in [2.05, 4.69) is 26.8 Å². The molecule has 0 aliphatic carbocycles. The first-order valence-electron chi connectivity index (χ1n) is 9.15. The number of nitrogens with zero attached hydrogens (tertiary/aromatic N) is 5. The highest BCUT2D eigenvalue weighted by atomic mass is 16.1. The van der Waals surface area contributed by atoms with E-state index in [1.807, 2.05) is 24.1 Å². The second kappa shape index (κ2) is 6.63. The van der Waals surface area contributed by atoms with Gasteiger partial charge in [0.1, 0.15) is 0 Å². The van der Waals surface area contributed by atoms with Crippen LogP contribution in [0.15, 0.2) is 17.2 Å². The van der Waals surface area contributed by atoms with Gasteiger partial charge in [0, 0.05) is 57.1 Å². The summed E-state index contributed by atoms with van der Waals surface area (Å²) in [7, 11) is 1.93. The summed E-state index contributed by atoms with van der Waals surface area (Å²) in [5.41, 5.74) is 3.03. The first kappa shape index (κ1) is 16.3. The highest BCUT2D eigenvalue weighted by molar-refractivity contribution is 5.35. The lowest BCUT2D eigenvalue weighted by Crippen LogP contribution is -2.39. The van der Waals surface area contributed by atoms with E-state index in [4.69, 9.17) is 4.98 Å². The third-order valence-corrected chi connectivity index (χ3v) is 5.26. The number of aromatic nitrogens is 4. The van der Waals surface area contributed by atoms with Crippen molar-refractivity contribution >= 4 is 5.95 Å². The molecular weight excluding hydrogens is 316 g/mol. The van der Waals surface area contributed by atoms with Gasteiger partial charge in [-0.15, -0.1) is 0 Å². The number of aryl methyl sites for hydroxylation is 1. The van der Waals surface area contributed by atoms with Gasteiger partial charge in [-0.25, -0.2) is 4.98 Å². The van der Waals surface area contributed by atoms with Gasteiger partial charge < -0.3 is 4.90 Å². The molecule has 1 atom stereocenters. The van der Waals surface area contributed by atoms with Crippen molar-refractivity contribution in [2.75, 3.05) is 24.5 Å². The number of H-pyrrole nitrogens is 1. The lowest BCUT2D eigenvalue weighted by Gasteiger charge is -2.33. The van der Waals surface area contributed by atoms with Gasteiger partial charge in [-0.1, -0.05) is 6.92 Å². The lowest BCUT2D eigenvalue weighted by molar-refractivity contribution is 0.240. The molecule has 0 unspecified atom stereocenters. The molecular formula is C18H26N6O. The Bertz CT molecular complexity index is 810. The second-order valence-corrected chi connectivity index (χ2v) is 7.49. The van der Waals surface area contributed by atoms with Crippen molar-refractivity contribution in [1.29, 1.82) is 0 Å². The maximum absolute atomic E-state index is 12.5. The topological polar surface area (TPSA) is 70.1 Å². The Morgan fingerprint density at radius 3 is 3.00 bits per heavy atom. The second-order valence-electron chi connectivity index (χ2n) is 7.49. The molecule has 2 aliphatic rings. The molecule has 2 aliphatic heterocycles. The van der Waals surface area contributed by atoms with Crippen LogP contribution in [0.5, 0.6) is 0 Å². The van der Waals surface area contributed by atoms with E-state index in [9.17, 15) is 4.79 Å². The molecule has 4 heterocycles. The molecule has 4 rings (SSSR count). The molecule has 0 spiro atoms. The zero-order valence-electron chi connectivity index (χ0n) is 15.0. The summed E-state index contributed by atoms with van der Waals surface area (Å²) in [5.74, 6) is 1.40. The van der Waals surface area contributed by atoms with E-state index < -0.39 is 0 Å². The van der Waals surface area contributed by atoms with Gasteiger partial charge >= 0.3 is 0 Å². The number of hydrogen-bond donors (Lipinski definition) is 1. The van der Waals surface area contributed by atoms with Gasteiger partial charge in [0.05, 0.1) is 11.9 Å². The molecule has 1 fully saturated rings. The van der Waals surface area contributed by atoms with Crippen molar-refractivity contribution in [3.8, 4) is 0 Å². The molecule has 0 bridgehead atoms. The van der Waals surface area contributed by atoms with Crippen LogP contribution in [-0.2, 0) is 26.6 Å². The number of piperidine rings is 1. The molecule has 7 nitrogen and oxygen atoms in total. The Morgan fingerprint density at radius 2 is 2.24 bits per heavy atom. The Kier molecular flexibility index (Phi) is 4.33. The summed E-state index contributed by atoms with van der Waals surface area (Å²) in [6.45, 7) is 6.67. The predicted molar refractivity (Wildman–Crippen MR) is 96.5 cm³/mol. The van der Waals surface area contributed by atoms with Crippen LogP contribution in [0.25, 0.3) is 0 Å². The molecule has 2 aromatic heterocycles. The molecule has 1 saturated heterocycles. The molecule has 25 heavy (non-hydrogen) atoms. The summed E-state index contributed by atoms with van der Waals surface area (Å²) in [5, 5.41) is 4.24. The maximum Gasteiger partial charge on any atom is 0.255 e. The quantitative estimate of drug-likeness (QED) is 0.910. The predicted octanol–water partition coefficient (Wildman–Crippen LogP) is 1.30. The van der Waals surface area contributed by atoms with Crippen LogP contribution >= 0.6 is 0 Å². The zero-order valence-corrected chi connectivity index (χ0v) is 15.0. The number of fused-ring (bicyclic) bond motifs is 1. The van der Waals surface area contributed by atoms with Crippen molar-refractivity contribution in [1.82, 2.24) is 24.6 Å². The largest absolute Gasteiger partial charge is 0.342 e. The normalized spacial score (nSPS) is 21.4. The first-order chi connectivity index (χ1) is 12.1. The fraction of sp³-hybridized carbons (Fsp3) is 0.611. The Hall–Kier alpha value is -2.15. The average molecular weight is 342 g/mol. The van der Waals surface area contributed by atoms with Crippen LogP contribution in [0, 0.1) is 5.92 Å². The third-order valence-electron chi connectivity index (χ3n) is 5.26. The SMILES string of the molecule is C[C@H]1CCCN(c2nc3c(c(=O)[nH]2)CCN(Cc2cnn(C)c2)C3)C1. The van der Waals surface area contributed by atoms with Gasteiger partial charge in [-0.2, -0.15) is 5.10 Å². The van der Waals surface area contributed by atoms with Crippen molar-refractivity contribution in [3.63, 3.8) is 0 Å². The summed E-state index contributed by atoms with van der Waals surface area (Å²) >= 11 is 0. The summed E-state index contributed by atoms with van der Waals surface area (Å²) < 4.78 is 1.83. The van der Waals surface area contributed by atoms with Crippen molar-refractivity contribution < 1.29 is 0 Å². The minimum absolute atomic E-state index is 0.0410. The minimum Gasteiger partial charge on any atom is -0.342 e. The molecule has 2 aromatic rings. The Labute approximate surface area is 147 Å². The number of anilines is 1. The van der Waals surface area contributed by atoms with Crippen LogP contribution < -0.4 is 10.5 Å². The van der Waals surface area contributed by atoms with Gasteiger partial charge in [0.2, 0.25) is 5.95 Å². The van der Waals surface area contributed by atoms with Crippen LogP contribution in [0.3, 0.4) is 0 Å². The van der Waals surface area contributed by atoms with Gasteiger partial charge in [0.25, 0.3) is 5.56 Å².